The summed E-state index contributed by atoms with van der Waals surface area (Å²) >= 11 is 0. The third-order valence-electron chi connectivity index (χ3n) is 4.46. The fourth-order valence-electron chi connectivity index (χ4n) is 3.16. The second kappa shape index (κ2) is 14.6. The van der Waals surface area contributed by atoms with Crippen LogP contribution in [0.3, 0.4) is 0 Å². The third kappa shape index (κ3) is 10.2. The minimum absolute atomic E-state index is 0. The Morgan fingerprint density at radius 1 is 1.00 bits per heavy atom. The van der Waals surface area contributed by atoms with E-state index in [1.807, 2.05) is 13.8 Å². The van der Waals surface area contributed by atoms with Crippen LogP contribution in [-0.4, -0.2) is 62.1 Å². The highest BCUT2D eigenvalue weighted by Crippen LogP contribution is 2.16. The predicted molar refractivity (Wildman–Crippen MR) is 117 cm³/mol. The summed E-state index contributed by atoms with van der Waals surface area (Å²) in [6.45, 7) is 13.4. The van der Waals surface area contributed by atoms with Crippen LogP contribution in [-0.2, 0) is 4.79 Å². The maximum absolute atomic E-state index is 11.6. The van der Waals surface area contributed by atoms with Crippen LogP contribution in [0.1, 0.15) is 53.4 Å². The number of halogens is 1. The van der Waals surface area contributed by atoms with E-state index >= 15 is 0 Å². The van der Waals surface area contributed by atoms with Gasteiger partial charge in [-0.3, -0.25) is 9.69 Å². The zero-order chi connectivity index (χ0) is 17.8. The van der Waals surface area contributed by atoms with Crippen molar-refractivity contribution in [1.82, 2.24) is 20.9 Å². The summed E-state index contributed by atoms with van der Waals surface area (Å²) < 4.78 is 0. The maximum atomic E-state index is 11.6. The molecule has 0 aliphatic carbocycles. The van der Waals surface area contributed by atoms with Gasteiger partial charge in [0.2, 0.25) is 5.91 Å². The van der Waals surface area contributed by atoms with Crippen LogP contribution in [0.25, 0.3) is 0 Å². The van der Waals surface area contributed by atoms with Gasteiger partial charge >= 0.3 is 0 Å². The molecule has 1 fully saturated rings. The molecule has 1 rings (SSSR count). The standard InChI is InChI=1S/C18H37N5O.HI/c1-5-19-17(24)14-22-18(20-6-2)21-13-16(15(3)4)23-11-9-7-8-10-12-23;/h15-16H,5-14H2,1-4H3,(H,19,24)(H2,20,21,22);1H. The number of hydrogen-bond acceptors (Lipinski definition) is 3. The van der Waals surface area contributed by atoms with Crippen LogP contribution in [0, 0.1) is 5.92 Å². The van der Waals surface area contributed by atoms with Crippen LogP contribution in [0.2, 0.25) is 0 Å². The van der Waals surface area contributed by atoms with Crippen LogP contribution in [0.5, 0.6) is 0 Å². The maximum Gasteiger partial charge on any atom is 0.241 e. The normalized spacial score (nSPS) is 17.4. The fraction of sp³-hybridized carbons (Fsp3) is 0.889. The number of rotatable bonds is 8. The average molecular weight is 467 g/mol. The van der Waals surface area contributed by atoms with Crippen molar-refractivity contribution >= 4 is 35.8 Å². The SMILES string of the molecule is CCNC(=O)CN=C(NCC)NCC(C(C)C)N1CCCCCC1.I. The van der Waals surface area contributed by atoms with E-state index < -0.39 is 0 Å². The number of carbonyl (C=O) groups is 1. The van der Waals surface area contributed by atoms with Crippen LogP contribution in [0.15, 0.2) is 4.99 Å². The lowest BCUT2D eigenvalue weighted by molar-refractivity contribution is -0.119. The summed E-state index contributed by atoms with van der Waals surface area (Å²) in [4.78, 5) is 18.6. The van der Waals surface area contributed by atoms with E-state index in [-0.39, 0.29) is 36.4 Å². The van der Waals surface area contributed by atoms with E-state index in [4.69, 9.17) is 0 Å². The van der Waals surface area contributed by atoms with Crippen LogP contribution >= 0.6 is 24.0 Å². The molecule has 1 heterocycles. The van der Waals surface area contributed by atoms with Crippen molar-refractivity contribution in [2.24, 2.45) is 10.9 Å². The van der Waals surface area contributed by atoms with Gasteiger partial charge in [-0.25, -0.2) is 4.99 Å². The summed E-state index contributed by atoms with van der Waals surface area (Å²) in [5.74, 6) is 1.27. The number of hydrogen-bond donors (Lipinski definition) is 3. The number of guanidine groups is 1. The first-order valence-corrected chi connectivity index (χ1v) is 9.61. The summed E-state index contributed by atoms with van der Waals surface area (Å²) in [5.41, 5.74) is 0. The van der Waals surface area contributed by atoms with Gasteiger partial charge in [-0.15, -0.1) is 24.0 Å². The van der Waals surface area contributed by atoms with Gasteiger partial charge in [0.15, 0.2) is 5.96 Å². The zero-order valence-corrected chi connectivity index (χ0v) is 18.8. The molecule has 0 aromatic carbocycles. The molecular formula is C18H38IN5O. The molecule has 3 N–H and O–H groups in total. The van der Waals surface area contributed by atoms with Crippen molar-refractivity contribution in [3.63, 3.8) is 0 Å². The Bertz CT molecular complexity index is 382. The van der Waals surface area contributed by atoms with Gasteiger partial charge in [0.1, 0.15) is 6.54 Å². The van der Waals surface area contributed by atoms with Gasteiger partial charge in [-0.1, -0.05) is 26.7 Å². The molecule has 0 saturated carbocycles. The Morgan fingerprint density at radius 3 is 2.12 bits per heavy atom. The smallest absolute Gasteiger partial charge is 0.241 e. The molecule has 1 saturated heterocycles. The second-order valence-electron chi connectivity index (χ2n) is 6.79. The summed E-state index contributed by atoms with van der Waals surface area (Å²) in [6, 6.07) is 0.497. The fourth-order valence-corrected chi connectivity index (χ4v) is 3.16. The average Bonchev–Trinajstić information content (AvgIpc) is 2.82. The summed E-state index contributed by atoms with van der Waals surface area (Å²) in [7, 11) is 0. The first-order valence-electron chi connectivity index (χ1n) is 9.61. The molecule has 1 amide bonds. The zero-order valence-electron chi connectivity index (χ0n) is 16.4. The van der Waals surface area contributed by atoms with Crippen LogP contribution < -0.4 is 16.0 Å². The Labute approximate surface area is 171 Å². The molecule has 0 spiro atoms. The van der Waals surface area contributed by atoms with Crippen molar-refractivity contribution in [3.8, 4) is 0 Å². The van der Waals surface area contributed by atoms with Crippen LogP contribution in [0.4, 0.5) is 0 Å². The Balaban J connectivity index is 0.00000576. The van der Waals surface area contributed by atoms with Gasteiger partial charge < -0.3 is 16.0 Å². The van der Waals surface area contributed by atoms with Gasteiger partial charge in [-0.2, -0.15) is 0 Å². The van der Waals surface area contributed by atoms with Gasteiger partial charge in [0.25, 0.3) is 0 Å². The highest BCUT2D eigenvalue weighted by molar-refractivity contribution is 14.0. The topological polar surface area (TPSA) is 68.8 Å². The molecule has 0 bridgehead atoms. The Kier molecular flexibility index (Phi) is 14.3. The molecule has 6 nitrogen and oxygen atoms in total. The molecule has 25 heavy (non-hydrogen) atoms. The predicted octanol–water partition coefficient (Wildman–Crippen LogP) is 2.20. The summed E-state index contributed by atoms with van der Waals surface area (Å²) in [6.07, 6.45) is 5.31. The second-order valence-corrected chi connectivity index (χ2v) is 6.79. The lowest BCUT2D eigenvalue weighted by Crippen LogP contribution is -2.50. The van der Waals surface area contributed by atoms with E-state index in [1.54, 1.807) is 0 Å². The van der Waals surface area contributed by atoms with Gasteiger partial charge in [0.05, 0.1) is 0 Å². The van der Waals surface area contributed by atoms with E-state index in [0.29, 0.717) is 18.5 Å². The van der Waals surface area contributed by atoms with Crippen molar-refractivity contribution in [1.29, 1.82) is 0 Å². The third-order valence-corrected chi connectivity index (χ3v) is 4.46. The minimum atomic E-state index is -0.0392. The molecule has 1 atom stereocenters. The Hall–Kier alpha value is -0.570. The lowest BCUT2D eigenvalue weighted by atomic mass is 10.0. The monoisotopic (exact) mass is 467 g/mol. The molecule has 0 aromatic rings. The van der Waals surface area contributed by atoms with E-state index in [0.717, 1.165) is 19.0 Å². The highest BCUT2D eigenvalue weighted by atomic mass is 127. The molecule has 1 unspecified atom stereocenters. The number of aliphatic imine (C=N–C) groups is 1. The molecule has 0 radical (unpaired) electrons. The number of nitrogens with zero attached hydrogens (tertiary/aromatic N) is 2. The minimum Gasteiger partial charge on any atom is -0.357 e. The number of amides is 1. The molecular weight excluding hydrogens is 429 g/mol. The molecule has 0 aromatic heterocycles. The van der Waals surface area contributed by atoms with Crippen molar-refractivity contribution in [2.45, 2.75) is 59.4 Å². The Morgan fingerprint density at radius 2 is 1.60 bits per heavy atom. The molecule has 1 aliphatic heterocycles. The van der Waals surface area contributed by atoms with Crippen molar-refractivity contribution < 1.29 is 4.79 Å². The molecule has 7 heteroatoms. The van der Waals surface area contributed by atoms with Gasteiger partial charge in [0, 0.05) is 25.7 Å². The lowest BCUT2D eigenvalue weighted by Gasteiger charge is -2.34. The van der Waals surface area contributed by atoms with E-state index in [2.05, 4.69) is 39.7 Å². The number of likely N-dealkylation sites (tertiary alicyclic amines) is 1. The number of carbonyl (C=O) groups excluding carboxylic acids is 1. The highest BCUT2D eigenvalue weighted by Gasteiger charge is 2.22. The van der Waals surface area contributed by atoms with E-state index in [9.17, 15) is 4.79 Å². The number of nitrogens with one attached hydrogen (secondary N) is 3. The number of likely N-dealkylation sites (N-methyl/N-ethyl adjacent to an activating group) is 1. The van der Waals surface area contributed by atoms with Crippen molar-refractivity contribution in [3.05, 3.63) is 0 Å². The van der Waals surface area contributed by atoms with Crippen molar-refractivity contribution in [2.75, 3.05) is 39.3 Å². The van der Waals surface area contributed by atoms with Gasteiger partial charge in [-0.05, 0) is 45.7 Å². The molecule has 1 aliphatic rings. The molecule has 148 valence electrons. The largest absolute Gasteiger partial charge is 0.357 e. The first kappa shape index (κ1) is 24.4. The first-order chi connectivity index (χ1) is 11.6. The van der Waals surface area contributed by atoms with E-state index in [1.165, 1.54) is 38.8 Å². The summed E-state index contributed by atoms with van der Waals surface area (Å²) in [5, 5.41) is 9.44. The quantitative estimate of drug-likeness (QED) is 0.291.